The predicted octanol–water partition coefficient (Wildman–Crippen LogP) is 2.30. The Hall–Kier alpha value is -2.19. The third-order valence-electron chi connectivity index (χ3n) is 2.15. The molecule has 0 atom stereocenters. The molecule has 0 bridgehead atoms. The molecule has 0 saturated heterocycles. The van der Waals surface area contributed by atoms with Gasteiger partial charge in [0.1, 0.15) is 9.88 Å². The molecule has 4 nitrogen and oxygen atoms in total. The normalized spacial score (nSPS) is 9.78. The van der Waals surface area contributed by atoms with Gasteiger partial charge in [-0.05, 0) is 19.1 Å². The first-order valence-corrected chi connectivity index (χ1v) is 6.03. The number of aryl methyl sites for hydroxylation is 1. The Morgan fingerprint density at radius 1 is 1.56 bits per heavy atom. The van der Waals surface area contributed by atoms with Gasteiger partial charge in [0.05, 0.1) is 11.4 Å². The molecule has 0 radical (unpaired) electrons. The van der Waals surface area contributed by atoms with Crippen molar-refractivity contribution in [3.8, 4) is 23.0 Å². The number of nitrogens with zero attached hydrogens (tertiary/aromatic N) is 2. The van der Waals surface area contributed by atoms with Crippen LogP contribution in [0.25, 0.3) is 10.7 Å². The molecule has 0 saturated carbocycles. The van der Waals surface area contributed by atoms with Gasteiger partial charge in [-0.3, -0.25) is 4.98 Å². The predicted molar refractivity (Wildman–Crippen MR) is 69.2 cm³/mol. The van der Waals surface area contributed by atoms with E-state index in [1.165, 1.54) is 11.3 Å². The zero-order valence-corrected chi connectivity index (χ0v) is 10.5. The summed E-state index contributed by atoms with van der Waals surface area (Å²) in [5.41, 5.74) is 1.37. The van der Waals surface area contributed by atoms with E-state index in [0.717, 1.165) is 5.69 Å². The number of carbonyl (C=O) groups excluding carboxylic acids is 1. The van der Waals surface area contributed by atoms with E-state index in [-0.39, 0.29) is 6.61 Å². The number of ether oxygens (including phenoxy) is 1. The molecule has 0 unspecified atom stereocenters. The quantitative estimate of drug-likeness (QED) is 0.626. The van der Waals surface area contributed by atoms with Gasteiger partial charge in [-0.2, -0.15) is 0 Å². The number of rotatable bonds is 3. The molecule has 2 heterocycles. The van der Waals surface area contributed by atoms with Gasteiger partial charge in [0.15, 0.2) is 6.61 Å². The number of pyridine rings is 1. The summed E-state index contributed by atoms with van der Waals surface area (Å²) in [6, 6.07) is 5.54. The van der Waals surface area contributed by atoms with E-state index in [4.69, 9.17) is 11.2 Å². The van der Waals surface area contributed by atoms with Crippen molar-refractivity contribution in [1.82, 2.24) is 9.97 Å². The lowest BCUT2D eigenvalue weighted by Gasteiger charge is -1.97. The Labute approximate surface area is 109 Å². The highest BCUT2D eigenvalue weighted by Gasteiger charge is 2.17. The van der Waals surface area contributed by atoms with Crippen molar-refractivity contribution in [2.45, 2.75) is 6.92 Å². The van der Waals surface area contributed by atoms with Crippen molar-refractivity contribution in [2.24, 2.45) is 0 Å². The van der Waals surface area contributed by atoms with Crippen LogP contribution in [0.4, 0.5) is 0 Å². The van der Waals surface area contributed by atoms with E-state index in [2.05, 4.69) is 15.9 Å². The van der Waals surface area contributed by atoms with E-state index < -0.39 is 5.97 Å². The van der Waals surface area contributed by atoms with Gasteiger partial charge in [0.2, 0.25) is 0 Å². The van der Waals surface area contributed by atoms with Crippen LogP contribution in [0.2, 0.25) is 0 Å². The molecule has 2 rings (SSSR count). The summed E-state index contributed by atoms with van der Waals surface area (Å²) >= 11 is 1.25. The molecule has 0 N–H and O–H groups in total. The molecule has 2 aromatic rings. The van der Waals surface area contributed by atoms with Crippen LogP contribution >= 0.6 is 11.3 Å². The van der Waals surface area contributed by atoms with E-state index in [1.54, 1.807) is 13.1 Å². The molecule has 0 amide bonds. The average molecular weight is 258 g/mol. The fourth-order valence-corrected chi connectivity index (χ4v) is 2.29. The van der Waals surface area contributed by atoms with Crippen molar-refractivity contribution in [1.29, 1.82) is 0 Å². The third kappa shape index (κ3) is 2.55. The van der Waals surface area contributed by atoms with Crippen LogP contribution in [0.3, 0.4) is 0 Å². The summed E-state index contributed by atoms with van der Waals surface area (Å²) < 4.78 is 4.88. The first-order chi connectivity index (χ1) is 8.72. The smallest absolute Gasteiger partial charge is 0.351 e. The highest BCUT2D eigenvalue weighted by molar-refractivity contribution is 7.17. The second-order valence-electron chi connectivity index (χ2n) is 3.43. The Balaban J connectivity index is 2.28. The van der Waals surface area contributed by atoms with Crippen LogP contribution < -0.4 is 0 Å². The molecule has 0 aliphatic rings. The molecular formula is C13H10N2O2S. The van der Waals surface area contributed by atoms with Crippen LogP contribution in [0, 0.1) is 19.3 Å². The molecule has 0 aliphatic carbocycles. The van der Waals surface area contributed by atoms with Gasteiger partial charge in [-0.1, -0.05) is 12.0 Å². The van der Waals surface area contributed by atoms with Gasteiger partial charge in [0.25, 0.3) is 0 Å². The maximum Gasteiger partial charge on any atom is 0.351 e. The SMILES string of the molecule is C#CCOC(=O)c1sc(-c2ccccn2)nc1C. The zero-order valence-electron chi connectivity index (χ0n) is 9.71. The van der Waals surface area contributed by atoms with E-state index in [1.807, 2.05) is 18.2 Å². The minimum Gasteiger partial charge on any atom is -0.448 e. The monoisotopic (exact) mass is 258 g/mol. The lowest BCUT2D eigenvalue weighted by molar-refractivity contribution is 0.0561. The van der Waals surface area contributed by atoms with Gasteiger partial charge in [-0.15, -0.1) is 17.8 Å². The second kappa shape index (κ2) is 5.43. The molecule has 0 fully saturated rings. The Bertz CT molecular complexity index is 599. The molecule has 2 aromatic heterocycles. The van der Waals surface area contributed by atoms with Crippen molar-refractivity contribution in [2.75, 3.05) is 6.61 Å². The topological polar surface area (TPSA) is 52.1 Å². The van der Waals surface area contributed by atoms with E-state index in [0.29, 0.717) is 15.6 Å². The summed E-state index contributed by atoms with van der Waals surface area (Å²) in [5.74, 6) is 1.82. The molecule has 0 spiro atoms. The minimum absolute atomic E-state index is 0.0326. The lowest BCUT2D eigenvalue weighted by atomic mass is 10.3. The molecule has 0 aromatic carbocycles. The van der Waals surface area contributed by atoms with E-state index in [9.17, 15) is 4.79 Å². The summed E-state index contributed by atoms with van der Waals surface area (Å²) in [6.07, 6.45) is 6.72. The van der Waals surface area contributed by atoms with Gasteiger partial charge >= 0.3 is 5.97 Å². The summed E-state index contributed by atoms with van der Waals surface area (Å²) in [7, 11) is 0. The summed E-state index contributed by atoms with van der Waals surface area (Å²) in [4.78, 5) is 20.7. The van der Waals surface area contributed by atoms with Gasteiger partial charge in [0, 0.05) is 6.20 Å². The van der Waals surface area contributed by atoms with Crippen molar-refractivity contribution in [3.63, 3.8) is 0 Å². The first-order valence-electron chi connectivity index (χ1n) is 5.22. The molecule has 5 heteroatoms. The largest absolute Gasteiger partial charge is 0.448 e. The van der Waals surface area contributed by atoms with E-state index >= 15 is 0 Å². The number of esters is 1. The number of hydrogen-bond acceptors (Lipinski definition) is 5. The number of carbonyl (C=O) groups is 1. The number of terminal acetylenes is 1. The van der Waals surface area contributed by atoms with Crippen molar-refractivity contribution < 1.29 is 9.53 Å². The van der Waals surface area contributed by atoms with Crippen LogP contribution in [-0.2, 0) is 4.74 Å². The highest BCUT2D eigenvalue weighted by atomic mass is 32.1. The van der Waals surface area contributed by atoms with Gasteiger partial charge in [-0.25, -0.2) is 9.78 Å². The van der Waals surface area contributed by atoms with Gasteiger partial charge < -0.3 is 4.74 Å². The maximum atomic E-state index is 11.7. The minimum atomic E-state index is -0.440. The van der Waals surface area contributed by atoms with Crippen molar-refractivity contribution in [3.05, 3.63) is 35.0 Å². The number of aromatic nitrogens is 2. The van der Waals surface area contributed by atoms with Crippen LogP contribution in [-0.4, -0.2) is 22.5 Å². The second-order valence-corrected chi connectivity index (χ2v) is 4.43. The van der Waals surface area contributed by atoms with Crippen molar-refractivity contribution >= 4 is 17.3 Å². The fourth-order valence-electron chi connectivity index (χ4n) is 1.36. The molecule has 90 valence electrons. The first kappa shape index (κ1) is 12.3. The lowest BCUT2D eigenvalue weighted by Crippen LogP contribution is -2.04. The number of hydrogen-bond donors (Lipinski definition) is 0. The van der Waals surface area contributed by atoms with Crippen LogP contribution in [0.5, 0.6) is 0 Å². The average Bonchev–Trinajstić information content (AvgIpc) is 2.79. The number of thiazole rings is 1. The zero-order chi connectivity index (χ0) is 13.0. The summed E-state index contributed by atoms with van der Waals surface area (Å²) in [6.45, 7) is 1.73. The molecule has 18 heavy (non-hydrogen) atoms. The standard InChI is InChI=1S/C13H10N2O2S/c1-3-8-17-13(16)11-9(2)15-12(18-11)10-6-4-5-7-14-10/h1,4-7H,8H2,2H3. The summed E-state index contributed by atoms with van der Waals surface area (Å²) in [5, 5.41) is 0.695. The third-order valence-corrected chi connectivity index (χ3v) is 3.31. The Morgan fingerprint density at radius 2 is 2.39 bits per heavy atom. The molecular weight excluding hydrogens is 248 g/mol. The Kier molecular flexibility index (Phi) is 3.70. The Morgan fingerprint density at radius 3 is 3.06 bits per heavy atom. The fraction of sp³-hybridized carbons (Fsp3) is 0.154. The molecule has 0 aliphatic heterocycles. The van der Waals surface area contributed by atoms with Crippen LogP contribution in [0.1, 0.15) is 15.4 Å². The maximum absolute atomic E-state index is 11.7. The highest BCUT2D eigenvalue weighted by Crippen LogP contribution is 2.26. The van der Waals surface area contributed by atoms with Crippen LogP contribution in [0.15, 0.2) is 24.4 Å².